The maximum absolute atomic E-state index is 12.7. The molecule has 1 N–H and O–H groups in total. The van der Waals surface area contributed by atoms with Gasteiger partial charge in [0.2, 0.25) is 15.9 Å². The number of hydrogen-bond acceptors (Lipinski definition) is 5. The van der Waals surface area contributed by atoms with E-state index in [-0.39, 0.29) is 12.2 Å². The molecule has 0 radical (unpaired) electrons. The van der Waals surface area contributed by atoms with Crippen molar-refractivity contribution in [2.45, 2.75) is 26.4 Å². The molecule has 0 aliphatic carbocycles. The molecule has 1 atom stereocenters. The standard InChI is InChI=1S/C20H25ClN2O5S/c1-5-28-17-9-6-15(7-10-17)13-22-20(24)14(2)23(29(4,25)26)18-12-16(21)8-11-19(18)27-3/h6-12,14H,5,13H2,1-4H3,(H,22,24)/t14-/m1/s1. The van der Waals surface area contributed by atoms with Gasteiger partial charge in [0.05, 0.1) is 25.7 Å². The van der Waals surface area contributed by atoms with E-state index in [0.29, 0.717) is 17.4 Å². The Bertz CT molecular complexity index is 948. The third-order valence-corrected chi connectivity index (χ3v) is 5.63. The van der Waals surface area contributed by atoms with E-state index in [4.69, 9.17) is 21.1 Å². The molecule has 0 unspecified atom stereocenters. The first kappa shape index (κ1) is 22.8. The first-order chi connectivity index (χ1) is 13.7. The minimum absolute atomic E-state index is 0.200. The summed E-state index contributed by atoms with van der Waals surface area (Å²) in [6.45, 7) is 4.23. The molecule has 7 nitrogen and oxygen atoms in total. The maximum atomic E-state index is 12.7. The minimum Gasteiger partial charge on any atom is -0.495 e. The highest BCUT2D eigenvalue weighted by Crippen LogP contribution is 2.34. The summed E-state index contributed by atoms with van der Waals surface area (Å²) in [5, 5.41) is 3.09. The molecule has 0 aromatic heterocycles. The van der Waals surface area contributed by atoms with Gasteiger partial charge < -0.3 is 14.8 Å². The van der Waals surface area contributed by atoms with Gasteiger partial charge in [-0.1, -0.05) is 23.7 Å². The van der Waals surface area contributed by atoms with Gasteiger partial charge in [-0.15, -0.1) is 0 Å². The molecule has 0 saturated heterocycles. The van der Waals surface area contributed by atoms with Crippen LogP contribution >= 0.6 is 11.6 Å². The zero-order chi connectivity index (χ0) is 21.6. The first-order valence-electron chi connectivity index (χ1n) is 8.99. The predicted octanol–water partition coefficient (Wildman–Crippen LogP) is 3.22. The molecule has 0 aliphatic rings. The molecule has 2 rings (SSSR count). The number of carbonyl (C=O) groups excluding carboxylic acids is 1. The van der Waals surface area contributed by atoms with Crippen molar-refractivity contribution in [3.63, 3.8) is 0 Å². The van der Waals surface area contributed by atoms with Crippen LogP contribution < -0.4 is 19.1 Å². The fourth-order valence-corrected chi connectivity index (χ4v) is 4.16. The van der Waals surface area contributed by atoms with Crippen LogP contribution in [0.1, 0.15) is 19.4 Å². The van der Waals surface area contributed by atoms with Gasteiger partial charge in [0.1, 0.15) is 17.5 Å². The summed E-state index contributed by atoms with van der Waals surface area (Å²) in [7, 11) is -2.37. The van der Waals surface area contributed by atoms with Gasteiger partial charge in [0.15, 0.2) is 0 Å². The average molecular weight is 441 g/mol. The van der Waals surface area contributed by atoms with Crippen LogP contribution in [0.5, 0.6) is 11.5 Å². The first-order valence-corrected chi connectivity index (χ1v) is 11.2. The molecule has 0 aliphatic heterocycles. The molecular formula is C20H25ClN2O5S. The second-order valence-corrected chi connectivity index (χ2v) is 8.64. The highest BCUT2D eigenvalue weighted by Gasteiger charge is 2.31. The van der Waals surface area contributed by atoms with E-state index in [9.17, 15) is 13.2 Å². The number of methoxy groups -OCH3 is 1. The van der Waals surface area contributed by atoms with Crippen LogP contribution in [0.3, 0.4) is 0 Å². The SMILES string of the molecule is CCOc1ccc(CNC(=O)[C@@H](C)N(c2cc(Cl)ccc2OC)S(C)(=O)=O)cc1. The molecule has 9 heteroatoms. The monoisotopic (exact) mass is 440 g/mol. The van der Waals surface area contributed by atoms with Crippen LogP contribution in [0.15, 0.2) is 42.5 Å². The second-order valence-electron chi connectivity index (χ2n) is 6.35. The summed E-state index contributed by atoms with van der Waals surface area (Å²) in [4.78, 5) is 12.7. The van der Waals surface area contributed by atoms with Gasteiger partial charge in [-0.2, -0.15) is 0 Å². The Labute approximate surface area is 176 Å². The third kappa shape index (κ3) is 6.01. The summed E-state index contributed by atoms with van der Waals surface area (Å²) in [5.41, 5.74) is 1.06. The lowest BCUT2D eigenvalue weighted by Crippen LogP contribution is -2.47. The molecule has 1 amide bonds. The van der Waals surface area contributed by atoms with Crippen molar-refractivity contribution < 1.29 is 22.7 Å². The number of nitrogens with zero attached hydrogens (tertiary/aromatic N) is 1. The summed E-state index contributed by atoms with van der Waals surface area (Å²) >= 11 is 6.04. The van der Waals surface area contributed by atoms with Crippen molar-refractivity contribution in [3.8, 4) is 11.5 Å². The van der Waals surface area contributed by atoms with E-state index in [2.05, 4.69) is 5.32 Å². The van der Waals surface area contributed by atoms with Crippen LogP contribution in [0.25, 0.3) is 0 Å². The average Bonchev–Trinajstić information content (AvgIpc) is 2.66. The van der Waals surface area contributed by atoms with Crippen molar-refractivity contribution in [1.82, 2.24) is 5.32 Å². The Balaban J connectivity index is 2.20. The zero-order valence-corrected chi connectivity index (χ0v) is 18.4. The molecule has 0 spiro atoms. The van der Waals surface area contributed by atoms with E-state index in [0.717, 1.165) is 21.9 Å². The summed E-state index contributed by atoms with van der Waals surface area (Å²) in [5.74, 6) is 0.588. The molecule has 2 aromatic rings. The third-order valence-electron chi connectivity index (χ3n) is 4.17. The maximum Gasteiger partial charge on any atom is 0.243 e. The van der Waals surface area contributed by atoms with Crippen LogP contribution in [-0.4, -0.2) is 40.3 Å². The Morgan fingerprint density at radius 1 is 1.21 bits per heavy atom. The van der Waals surface area contributed by atoms with Crippen molar-refractivity contribution in [1.29, 1.82) is 0 Å². The molecule has 0 saturated carbocycles. The van der Waals surface area contributed by atoms with Gasteiger partial charge >= 0.3 is 0 Å². The topological polar surface area (TPSA) is 84.9 Å². The predicted molar refractivity (Wildman–Crippen MR) is 114 cm³/mol. The normalized spacial score (nSPS) is 12.2. The van der Waals surface area contributed by atoms with Gasteiger partial charge in [-0.25, -0.2) is 8.42 Å². The van der Waals surface area contributed by atoms with Gasteiger partial charge in [0.25, 0.3) is 0 Å². The molecular weight excluding hydrogens is 416 g/mol. The van der Waals surface area contributed by atoms with E-state index in [1.54, 1.807) is 12.1 Å². The Morgan fingerprint density at radius 2 is 1.86 bits per heavy atom. The number of nitrogens with one attached hydrogen (secondary N) is 1. The van der Waals surface area contributed by atoms with E-state index < -0.39 is 22.0 Å². The zero-order valence-electron chi connectivity index (χ0n) is 16.8. The van der Waals surface area contributed by atoms with Crippen LogP contribution in [0, 0.1) is 0 Å². The molecule has 0 heterocycles. The highest BCUT2D eigenvalue weighted by molar-refractivity contribution is 7.92. The Kier molecular flexibility index (Phi) is 7.75. The number of amides is 1. The molecule has 29 heavy (non-hydrogen) atoms. The number of carbonyl (C=O) groups is 1. The molecule has 158 valence electrons. The van der Waals surface area contributed by atoms with Crippen LogP contribution in [0.2, 0.25) is 5.02 Å². The van der Waals surface area contributed by atoms with E-state index >= 15 is 0 Å². The summed E-state index contributed by atoms with van der Waals surface area (Å²) in [6.07, 6.45) is 1.03. The van der Waals surface area contributed by atoms with Crippen LogP contribution in [0.4, 0.5) is 5.69 Å². The van der Waals surface area contributed by atoms with Crippen LogP contribution in [-0.2, 0) is 21.4 Å². The van der Waals surface area contributed by atoms with E-state index in [1.165, 1.54) is 20.1 Å². The lowest BCUT2D eigenvalue weighted by molar-refractivity contribution is -0.122. The number of anilines is 1. The smallest absolute Gasteiger partial charge is 0.243 e. The number of hydrogen-bond donors (Lipinski definition) is 1. The van der Waals surface area contributed by atoms with Gasteiger partial charge in [0, 0.05) is 11.6 Å². The van der Waals surface area contributed by atoms with Gasteiger partial charge in [-0.3, -0.25) is 9.10 Å². The number of benzene rings is 2. The molecule has 2 aromatic carbocycles. The minimum atomic E-state index is -3.79. The van der Waals surface area contributed by atoms with Gasteiger partial charge in [-0.05, 0) is 49.7 Å². The van der Waals surface area contributed by atoms with Crippen molar-refractivity contribution in [2.24, 2.45) is 0 Å². The number of rotatable bonds is 9. The van der Waals surface area contributed by atoms with E-state index in [1.807, 2.05) is 31.2 Å². The lowest BCUT2D eigenvalue weighted by atomic mass is 10.2. The quantitative estimate of drug-likeness (QED) is 0.647. The van der Waals surface area contributed by atoms with Crippen molar-refractivity contribution in [3.05, 3.63) is 53.1 Å². The Hall–Kier alpha value is -2.45. The second kappa shape index (κ2) is 9.84. The fraction of sp³-hybridized carbons (Fsp3) is 0.350. The fourth-order valence-electron chi connectivity index (χ4n) is 2.82. The highest BCUT2D eigenvalue weighted by atomic mass is 35.5. The number of ether oxygens (including phenoxy) is 2. The van der Waals surface area contributed by atoms with Crippen molar-refractivity contribution in [2.75, 3.05) is 24.3 Å². The molecule has 0 bridgehead atoms. The number of halogens is 1. The Morgan fingerprint density at radius 3 is 2.41 bits per heavy atom. The van der Waals surface area contributed by atoms with Crippen molar-refractivity contribution >= 4 is 33.2 Å². The largest absolute Gasteiger partial charge is 0.495 e. The molecule has 0 fully saturated rings. The summed E-state index contributed by atoms with van der Waals surface area (Å²) < 4.78 is 36.6. The summed E-state index contributed by atoms with van der Waals surface area (Å²) in [6, 6.07) is 10.9. The lowest BCUT2D eigenvalue weighted by Gasteiger charge is -2.29. The number of sulfonamides is 1.